The fourth-order valence-corrected chi connectivity index (χ4v) is 1.99. The van der Waals surface area contributed by atoms with Gasteiger partial charge >= 0.3 is 6.18 Å². The van der Waals surface area contributed by atoms with Gasteiger partial charge in [-0.3, -0.25) is 4.68 Å². The van der Waals surface area contributed by atoms with Crippen LogP contribution in [0.3, 0.4) is 0 Å². The number of aryl methyl sites for hydroxylation is 1. The van der Waals surface area contributed by atoms with Gasteiger partial charge in [0.25, 0.3) is 0 Å². The van der Waals surface area contributed by atoms with Crippen LogP contribution in [0.4, 0.5) is 18.9 Å². The second-order valence-electron chi connectivity index (χ2n) is 4.72. The number of rotatable bonds is 4. The number of aromatic nitrogens is 2. The van der Waals surface area contributed by atoms with Crippen molar-refractivity contribution in [2.24, 2.45) is 7.05 Å². The van der Waals surface area contributed by atoms with Crippen molar-refractivity contribution >= 4 is 5.69 Å². The maximum atomic E-state index is 13.1. The van der Waals surface area contributed by atoms with Crippen LogP contribution in [0.5, 0.6) is 5.75 Å². The number of nitrogens with one attached hydrogen (secondary N) is 1. The molecule has 1 aromatic heterocycles. The van der Waals surface area contributed by atoms with Crippen molar-refractivity contribution in [1.29, 1.82) is 0 Å². The van der Waals surface area contributed by atoms with Crippen molar-refractivity contribution in [3.8, 4) is 5.75 Å². The number of benzene rings is 1. The van der Waals surface area contributed by atoms with Crippen LogP contribution in [0.25, 0.3) is 0 Å². The van der Waals surface area contributed by atoms with Crippen LogP contribution in [-0.4, -0.2) is 16.9 Å². The molecule has 1 heterocycles. The second kappa shape index (κ2) is 5.67. The standard InChI is InChI=1S/C14H16F3N3O/c1-9(10-7-18-20(2)8-10)19-13-5-4-11(21-3)6-12(13)14(15,16)17/h4-9,19H,1-3H3. The summed E-state index contributed by atoms with van der Waals surface area (Å²) in [6.45, 7) is 1.78. The summed E-state index contributed by atoms with van der Waals surface area (Å²) in [5, 5.41) is 6.88. The molecule has 1 atom stereocenters. The minimum absolute atomic E-state index is 0.0136. The maximum absolute atomic E-state index is 13.1. The largest absolute Gasteiger partial charge is 0.497 e. The smallest absolute Gasteiger partial charge is 0.418 e. The van der Waals surface area contributed by atoms with Gasteiger partial charge in [0, 0.05) is 24.5 Å². The van der Waals surface area contributed by atoms with E-state index in [1.807, 2.05) is 0 Å². The lowest BCUT2D eigenvalue weighted by atomic mass is 10.1. The summed E-state index contributed by atoms with van der Waals surface area (Å²) in [5.41, 5.74) is 0.0682. The van der Waals surface area contributed by atoms with Crippen LogP contribution in [0, 0.1) is 0 Å². The summed E-state index contributed by atoms with van der Waals surface area (Å²) >= 11 is 0. The van der Waals surface area contributed by atoms with Crippen molar-refractivity contribution in [2.45, 2.75) is 19.1 Å². The zero-order chi connectivity index (χ0) is 15.6. The Morgan fingerprint density at radius 3 is 2.57 bits per heavy atom. The van der Waals surface area contributed by atoms with Gasteiger partial charge in [-0.1, -0.05) is 0 Å². The Labute approximate surface area is 120 Å². The maximum Gasteiger partial charge on any atom is 0.418 e. The van der Waals surface area contributed by atoms with E-state index in [0.717, 1.165) is 11.6 Å². The number of nitrogens with zero attached hydrogens (tertiary/aromatic N) is 2. The molecule has 0 fully saturated rings. The second-order valence-corrected chi connectivity index (χ2v) is 4.72. The zero-order valence-electron chi connectivity index (χ0n) is 11.9. The van der Waals surface area contributed by atoms with Crippen LogP contribution >= 0.6 is 0 Å². The first-order valence-electron chi connectivity index (χ1n) is 6.31. The molecule has 0 saturated carbocycles. The van der Waals surface area contributed by atoms with Crippen LogP contribution < -0.4 is 10.1 Å². The number of ether oxygens (including phenoxy) is 1. The highest BCUT2D eigenvalue weighted by Crippen LogP contribution is 2.38. The van der Waals surface area contributed by atoms with Gasteiger partial charge in [-0.2, -0.15) is 18.3 Å². The number of methoxy groups -OCH3 is 1. The van der Waals surface area contributed by atoms with Crippen molar-refractivity contribution in [3.05, 3.63) is 41.7 Å². The van der Waals surface area contributed by atoms with E-state index >= 15 is 0 Å². The fraction of sp³-hybridized carbons (Fsp3) is 0.357. The molecule has 0 aliphatic carbocycles. The van der Waals surface area contributed by atoms with E-state index in [1.165, 1.54) is 19.2 Å². The summed E-state index contributed by atoms with van der Waals surface area (Å²) < 4.78 is 45.8. The van der Waals surface area contributed by atoms with E-state index in [4.69, 9.17) is 4.74 Å². The summed E-state index contributed by atoms with van der Waals surface area (Å²) in [6, 6.07) is 3.55. The quantitative estimate of drug-likeness (QED) is 0.937. The van der Waals surface area contributed by atoms with Gasteiger partial charge in [-0.15, -0.1) is 0 Å². The highest BCUT2D eigenvalue weighted by molar-refractivity contribution is 5.56. The van der Waals surface area contributed by atoms with Gasteiger partial charge < -0.3 is 10.1 Å². The van der Waals surface area contributed by atoms with Crippen LogP contribution in [0.2, 0.25) is 0 Å². The molecule has 1 aromatic carbocycles. The Bertz CT molecular complexity index is 622. The Morgan fingerprint density at radius 2 is 2.05 bits per heavy atom. The fourth-order valence-electron chi connectivity index (χ4n) is 1.99. The van der Waals surface area contributed by atoms with Crippen LogP contribution in [0.1, 0.15) is 24.1 Å². The van der Waals surface area contributed by atoms with Crippen molar-refractivity contribution in [3.63, 3.8) is 0 Å². The SMILES string of the molecule is COc1ccc(NC(C)c2cnn(C)c2)c(C(F)(F)F)c1. The van der Waals surface area contributed by atoms with E-state index in [2.05, 4.69) is 10.4 Å². The first-order chi connectivity index (χ1) is 9.81. The molecule has 0 amide bonds. The molecule has 0 spiro atoms. The highest BCUT2D eigenvalue weighted by atomic mass is 19.4. The van der Waals surface area contributed by atoms with Crippen LogP contribution in [-0.2, 0) is 13.2 Å². The number of hydrogen-bond acceptors (Lipinski definition) is 3. The van der Waals surface area contributed by atoms with Gasteiger partial charge in [0.2, 0.25) is 0 Å². The average Bonchev–Trinajstić information content (AvgIpc) is 2.84. The summed E-state index contributed by atoms with van der Waals surface area (Å²) in [7, 11) is 3.09. The van der Waals surface area contributed by atoms with Crippen molar-refractivity contribution < 1.29 is 17.9 Å². The Morgan fingerprint density at radius 1 is 1.33 bits per heavy atom. The molecule has 7 heteroatoms. The molecular weight excluding hydrogens is 283 g/mol. The first-order valence-corrected chi connectivity index (χ1v) is 6.31. The van der Waals surface area contributed by atoms with E-state index in [9.17, 15) is 13.2 Å². The topological polar surface area (TPSA) is 39.1 Å². The average molecular weight is 299 g/mol. The third-order valence-corrected chi connectivity index (χ3v) is 3.13. The molecule has 0 bridgehead atoms. The molecule has 21 heavy (non-hydrogen) atoms. The van der Waals surface area contributed by atoms with Gasteiger partial charge in [-0.05, 0) is 25.1 Å². The molecule has 2 aromatic rings. The molecule has 2 rings (SSSR count). The normalized spacial score (nSPS) is 13.0. The predicted octanol–water partition coefficient (Wildman–Crippen LogP) is 3.62. The van der Waals surface area contributed by atoms with Gasteiger partial charge in [0.1, 0.15) is 5.75 Å². The summed E-state index contributed by atoms with van der Waals surface area (Å²) in [6.07, 6.45) is -1.07. The molecule has 0 aliphatic heterocycles. The Kier molecular flexibility index (Phi) is 4.11. The van der Waals surface area contributed by atoms with Gasteiger partial charge in [0.15, 0.2) is 0 Å². The van der Waals surface area contributed by atoms with Crippen molar-refractivity contribution in [1.82, 2.24) is 9.78 Å². The lowest BCUT2D eigenvalue weighted by Gasteiger charge is -2.19. The van der Waals surface area contributed by atoms with Crippen molar-refractivity contribution in [2.75, 3.05) is 12.4 Å². The van der Waals surface area contributed by atoms with E-state index in [0.29, 0.717) is 0 Å². The minimum atomic E-state index is -4.45. The lowest BCUT2D eigenvalue weighted by molar-refractivity contribution is -0.137. The number of halogens is 3. The molecule has 0 radical (unpaired) electrons. The molecule has 4 nitrogen and oxygen atoms in total. The molecule has 0 saturated heterocycles. The van der Waals surface area contributed by atoms with Crippen LogP contribution in [0.15, 0.2) is 30.6 Å². The number of anilines is 1. The Balaban J connectivity index is 2.31. The first kappa shape index (κ1) is 15.2. The molecule has 1 N–H and O–H groups in total. The van der Waals surface area contributed by atoms with E-state index in [-0.39, 0.29) is 17.5 Å². The lowest BCUT2D eigenvalue weighted by Crippen LogP contribution is -2.13. The summed E-state index contributed by atoms with van der Waals surface area (Å²) in [4.78, 5) is 0. The third-order valence-electron chi connectivity index (χ3n) is 3.13. The minimum Gasteiger partial charge on any atom is -0.497 e. The van der Waals surface area contributed by atoms with Gasteiger partial charge in [0.05, 0.1) is 24.9 Å². The molecule has 0 aliphatic rings. The highest BCUT2D eigenvalue weighted by Gasteiger charge is 2.34. The van der Waals surface area contributed by atoms with Gasteiger partial charge in [-0.25, -0.2) is 0 Å². The van der Waals surface area contributed by atoms with E-state index < -0.39 is 11.7 Å². The zero-order valence-corrected chi connectivity index (χ0v) is 11.9. The monoisotopic (exact) mass is 299 g/mol. The Hall–Kier alpha value is -2.18. The molecular formula is C14H16F3N3O. The summed E-state index contributed by atoms with van der Waals surface area (Å²) in [5.74, 6) is 0.168. The number of hydrogen-bond donors (Lipinski definition) is 1. The number of alkyl halides is 3. The van der Waals surface area contributed by atoms with E-state index in [1.54, 1.807) is 31.0 Å². The third kappa shape index (κ3) is 3.48. The predicted molar refractivity (Wildman–Crippen MR) is 73.2 cm³/mol. The molecule has 114 valence electrons. The molecule has 1 unspecified atom stereocenters.